The number of aliphatic carboxylic acids is 1. The van der Waals surface area contributed by atoms with Crippen molar-refractivity contribution >= 4 is 17.7 Å². The highest BCUT2D eigenvalue weighted by molar-refractivity contribution is 5.87. The number of carboxylic acids is 1. The van der Waals surface area contributed by atoms with Gasteiger partial charge >= 0.3 is 5.97 Å². The van der Waals surface area contributed by atoms with Gasteiger partial charge < -0.3 is 14.7 Å². The van der Waals surface area contributed by atoms with E-state index in [2.05, 4.69) is 0 Å². The third-order valence-electron chi connectivity index (χ3n) is 3.16. The maximum absolute atomic E-state index is 14.1. The van der Waals surface area contributed by atoms with Crippen molar-refractivity contribution in [3.8, 4) is 0 Å². The van der Waals surface area contributed by atoms with E-state index in [4.69, 9.17) is 9.84 Å². The highest BCUT2D eigenvalue weighted by atomic mass is 19.1. The van der Waals surface area contributed by atoms with Crippen LogP contribution < -0.4 is 4.90 Å². The summed E-state index contributed by atoms with van der Waals surface area (Å²) in [6, 6.07) is 4.68. The molecular formula is C15H18FNO3. The van der Waals surface area contributed by atoms with E-state index in [1.165, 1.54) is 12.1 Å². The molecule has 5 heteroatoms. The van der Waals surface area contributed by atoms with E-state index in [0.29, 0.717) is 24.3 Å². The smallest absolute Gasteiger partial charge is 0.328 e. The Labute approximate surface area is 117 Å². The van der Waals surface area contributed by atoms with Crippen LogP contribution in [0, 0.1) is 5.82 Å². The van der Waals surface area contributed by atoms with Crippen molar-refractivity contribution in [1.29, 1.82) is 0 Å². The number of hydrogen-bond acceptors (Lipinski definition) is 3. The lowest BCUT2D eigenvalue weighted by Gasteiger charge is -2.37. The molecule has 2 unspecified atom stereocenters. The Kier molecular flexibility index (Phi) is 4.39. The largest absolute Gasteiger partial charge is 0.478 e. The van der Waals surface area contributed by atoms with E-state index < -0.39 is 5.97 Å². The van der Waals surface area contributed by atoms with Crippen molar-refractivity contribution in [2.24, 2.45) is 0 Å². The quantitative estimate of drug-likeness (QED) is 0.864. The minimum atomic E-state index is -1.05. The summed E-state index contributed by atoms with van der Waals surface area (Å²) in [7, 11) is 0. The standard InChI is InChI=1S/C15H18FNO3/c1-10-8-17(9-11(2)20-10)15-12(6-7-14(18)19)4-3-5-13(15)16/h3-7,10-11H,8-9H2,1-2H3,(H,18,19)/b7-6+. The van der Waals surface area contributed by atoms with Gasteiger partial charge in [0.25, 0.3) is 0 Å². The van der Waals surface area contributed by atoms with Crippen LogP contribution in [-0.4, -0.2) is 36.4 Å². The van der Waals surface area contributed by atoms with Crippen molar-refractivity contribution in [3.05, 3.63) is 35.7 Å². The molecule has 0 bridgehead atoms. The van der Waals surface area contributed by atoms with Gasteiger partial charge in [-0.3, -0.25) is 0 Å². The molecule has 0 amide bonds. The van der Waals surface area contributed by atoms with Gasteiger partial charge in [-0.2, -0.15) is 0 Å². The van der Waals surface area contributed by atoms with E-state index in [-0.39, 0.29) is 18.0 Å². The normalized spacial score (nSPS) is 23.2. The molecule has 1 aliphatic rings. The van der Waals surface area contributed by atoms with Gasteiger partial charge in [0.2, 0.25) is 0 Å². The summed E-state index contributed by atoms with van der Waals surface area (Å²) in [5.74, 6) is -1.40. The molecule has 0 spiro atoms. The van der Waals surface area contributed by atoms with Gasteiger partial charge in [0.1, 0.15) is 5.82 Å². The van der Waals surface area contributed by atoms with Crippen LogP contribution in [0.2, 0.25) is 0 Å². The number of carboxylic acid groups (broad SMARTS) is 1. The zero-order chi connectivity index (χ0) is 14.7. The molecule has 1 aliphatic heterocycles. The highest BCUT2D eigenvalue weighted by Gasteiger charge is 2.25. The molecule has 1 aromatic carbocycles. The lowest BCUT2D eigenvalue weighted by Crippen LogP contribution is -2.46. The number of nitrogens with zero attached hydrogens (tertiary/aromatic N) is 1. The van der Waals surface area contributed by atoms with Gasteiger partial charge in [-0.25, -0.2) is 9.18 Å². The lowest BCUT2D eigenvalue weighted by atomic mass is 10.1. The highest BCUT2D eigenvalue weighted by Crippen LogP contribution is 2.28. The predicted molar refractivity (Wildman–Crippen MR) is 75.3 cm³/mol. The van der Waals surface area contributed by atoms with Gasteiger partial charge in [0.15, 0.2) is 0 Å². The molecule has 0 aliphatic carbocycles. The second kappa shape index (κ2) is 6.05. The van der Waals surface area contributed by atoms with E-state index in [1.807, 2.05) is 18.7 Å². The third-order valence-corrected chi connectivity index (χ3v) is 3.16. The maximum Gasteiger partial charge on any atom is 0.328 e. The number of rotatable bonds is 3. The fraction of sp³-hybridized carbons (Fsp3) is 0.400. The fourth-order valence-corrected chi connectivity index (χ4v) is 2.52. The van der Waals surface area contributed by atoms with Crippen LogP contribution in [-0.2, 0) is 9.53 Å². The van der Waals surface area contributed by atoms with E-state index in [9.17, 15) is 9.18 Å². The van der Waals surface area contributed by atoms with Crippen LogP contribution in [0.5, 0.6) is 0 Å². The monoisotopic (exact) mass is 279 g/mol. The van der Waals surface area contributed by atoms with Gasteiger partial charge in [-0.05, 0) is 26.0 Å². The molecule has 0 saturated carbocycles. The molecule has 1 saturated heterocycles. The van der Waals surface area contributed by atoms with Crippen LogP contribution in [0.15, 0.2) is 24.3 Å². The Morgan fingerprint density at radius 1 is 1.40 bits per heavy atom. The summed E-state index contributed by atoms with van der Waals surface area (Å²) in [5, 5.41) is 8.72. The first kappa shape index (κ1) is 14.5. The predicted octanol–water partition coefficient (Wildman–Crippen LogP) is 2.54. The number of anilines is 1. The first-order chi connectivity index (χ1) is 9.47. The zero-order valence-corrected chi connectivity index (χ0v) is 11.5. The first-order valence-corrected chi connectivity index (χ1v) is 6.57. The van der Waals surface area contributed by atoms with Gasteiger partial charge in [-0.1, -0.05) is 12.1 Å². The van der Waals surface area contributed by atoms with E-state index in [1.54, 1.807) is 12.1 Å². The summed E-state index contributed by atoms with van der Waals surface area (Å²) in [6.45, 7) is 5.05. The van der Waals surface area contributed by atoms with Crippen LogP contribution in [0.3, 0.4) is 0 Å². The summed E-state index contributed by atoms with van der Waals surface area (Å²) < 4.78 is 19.8. The average Bonchev–Trinajstić information content (AvgIpc) is 2.35. The van der Waals surface area contributed by atoms with Crippen molar-refractivity contribution in [2.75, 3.05) is 18.0 Å². The molecule has 0 aromatic heterocycles. The van der Waals surface area contributed by atoms with Crippen LogP contribution in [0.1, 0.15) is 19.4 Å². The number of hydrogen-bond donors (Lipinski definition) is 1. The molecule has 4 nitrogen and oxygen atoms in total. The molecule has 108 valence electrons. The number of ether oxygens (including phenoxy) is 1. The second-order valence-corrected chi connectivity index (χ2v) is 5.01. The SMILES string of the molecule is CC1CN(c2c(F)cccc2/C=C/C(=O)O)CC(C)O1. The van der Waals surface area contributed by atoms with Crippen LogP contribution in [0.4, 0.5) is 10.1 Å². The number of morpholine rings is 1. The van der Waals surface area contributed by atoms with Crippen LogP contribution >= 0.6 is 0 Å². The Balaban J connectivity index is 2.36. The Morgan fingerprint density at radius 3 is 2.65 bits per heavy atom. The van der Waals surface area contributed by atoms with E-state index >= 15 is 0 Å². The number of carbonyl (C=O) groups is 1. The van der Waals surface area contributed by atoms with Crippen molar-refractivity contribution < 1.29 is 19.0 Å². The summed E-state index contributed by atoms with van der Waals surface area (Å²) in [5.41, 5.74) is 1.00. The van der Waals surface area contributed by atoms with Crippen molar-refractivity contribution in [1.82, 2.24) is 0 Å². The molecular weight excluding hydrogens is 261 g/mol. The molecule has 1 heterocycles. The Bertz CT molecular complexity index is 520. The number of halogens is 1. The summed E-state index contributed by atoms with van der Waals surface area (Å²) >= 11 is 0. The number of benzene rings is 1. The minimum absolute atomic E-state index is 0.00894. The topological polar surface area (TPSA) is 49.8 Å². The molecule has 2 atom stereocenters. The minimum Gasteiger partial charge on any atom is -0.478 e. The van der Waals surface area contributed by atoms with Gasteiger partial charge in [0, 0.05) is 24.7 Å². The zero-order valence-electron chi connectivity index (χ0n) is 11.5. The molecule has 1 aromatic rings. The van der Waals surface area contributed by atoms with Crippen LogP contribution in [0.25, 0.3) is 6.08 Å². The van der Waals surface area contributed by atoms with Crippen molar-refractivity contribution in [3.63, 3.8) is 0 Å². The lowest BCUT2D eigenvalue weighted by molar-refractivity contribution is -0.131. The fourth-order valence-electron chi connectivity index (χ4n) is 2.52. The molecule has 0 radical (unpaired) electrons. The molecule has 2 rings (SSSR count). The average molecular weight is 279 g/mol. The third kappa shape index (κ3) is 3.36. The first-order valence-electron chi connectivity index (χ1n) is 6.57. The second-order valence-electron chi connectivity index (χ2n) is 5.01. The Morgan fingerprint density at radius 2 is 2.05 bits per heavy atom. The van der Waals surface area contributed by atoms with Gasteiger partial charge in [0.05, 0.1) is 17.9 Å². The molecule has 20 heavy (non-hydrogen) atoms. The molecule has 1 N–H and O–H groups in total. The number of para-hydroxylation sites is 1. The maximum atomic E-state index is 14.1. The molecule has 1 fully saturated rings. The Hall–Kier alpha value is -1.88. The van der Waals surface area contributed by atoms with Gasteiger partial charge in [-0.15, -0.1) is 0 Å². The summed E-state index contributed by atoms with van der Waals surface area (Å²) in [4.78, 5) is 12.5. The van der Waals surface area contributed by atoms with Crippen molar-refractivity contribution in [2.45, 2.75) is 26.1 Å². The van der Waals surface area contributed by atoms with E-state index in [0.717, 1.165) is 6.08 Å². The summed E-state index contributed by atoms with van der Waals surface area (Å²) in [6.07, 6.45) is 2.46.